The van der Waals surface area contributed by atoms with Crippen LogP contribution in [0.2, 0.25) is 0 Å². The molecule has 0 fully saturated rings. The summed E-state index contributed by atoms with van der Waals surface area (Å²) >= 11 is 0. The lowest BCUT2D eigenvalue weighted by Gasteiger charge is -2.17. The van der Waals surface area contributed by atoms with Crippen molar-refractivity contribution in [2.45, 2.75) is 25.8 Å². The Morgan fingerprint density at radius 1 is 1.33 bits per heavy atom. The van der Waals surface area contributed by atoms with Gasteiger partial charge in [0, 0.05) is 19.8 Å². The minimum atomic E-state index is -0.308. The largest absolute Gasteiger partial charge is 0.494 e. The van der Waals surface area contributed by atoms with Crippen molar-refractivity contribution in [3.8, 4) is 5.75 Å². The fourth-order valence-corrected chi connectivity index (χ4v) is 1.95. The van der Waals surface area contributed by atoms with Crippen LogP contribution < -0.4 is 10.1 Å². The van der Waals surface area contributed by atoms with Crippen LogP contribution in [0.1, 0.15) is 18.9 Å². The van der Waals surface area contributed by atoms with Crippen LogP contribution in [0.25, 0.3) is 0 Å². The summed E-state index contributed by atoms with van der Waals surface area (Å²) in [5.41, 5.74) is 0.968. The molecular formula is C14H22FNO2. The first kappa shape index (κ1) is 14.9. The van der Waals surface area contributed by atoms with E-state index in [1.807, 2.05) is 6.07 Å². The SMILES string of the molecule is CCNC(CCOC)Cc1ccc(OC)c(F)c1. The summed E-state index contributed by atoms with van der Waals surface area (Å²) in [5.74, 6) is -0.0207. The number of likely N-dealkylation sites (N-methyl/N-ethyl adjacent to an activating group) is 1. The maximum Gasteiger partial charge on any atom is 0.165 e. The van der Waals surface area contributed by atoms with Crippen LogP contribution in [0, 0.1) is 5.82 Å². The van der Waals surface area contributed by atoms with Crippen molar-refractivity contribution in [1.29, 1.82) is 0 Å². The number of benzene rings is 1. The number of hydrogen-bond acceptors (Lipinski definition) is 3. The van der Waals surface area contributed by atoms with Crippen molar-refractivity contribution < 1.29 is 13.9 Å². The first-order valence-electron chi connectivity index (χ1n) is 6.26. The maximum absolute atomic E-state index is 13.6. The van der Waals surface area contributed by atoms with Crippen molar-refractivity contribution in [3.63, 3.8) is 0 Å². The predicted octanol–water partition coefficient (Wildman–Crippen LogP) is 2.39. The summed E-state index contributed by atoms with van der Waals surface area (Å²) < 4.78 is 23.6. The molecule has 0 aliphatic rings. The summed E-state index contributed by atoms with van der Waals surface area (Å²) in [6.07, 6.45) is 1.70. The molecule has 0 amide bonds. The molecule has 0 radical (unpaired) electrons. The highest BCUT2D eigenvalue weighted by molar-refractivity contribution is 5.29. The highest BCUT2D eigenvalue weighted by Gasteiger charge is 2.10. The van der Waals surface area contributed by atoms with E-state index in [9.17, 15) is 4.39 Å². The number of methoxy groups -OCH3 is 2. The summed E-state index contributed by atoms with van der Waals surface area (Å²) in [5, 5.41) is 3.38. The van der Waals surface area contributed by atoms with E-state index in [-0.39, 0.29) is 11.6 Å². The molecule has 1 aromatic carbocycles. The molecule has 1 N–H and O–H groups in total. The Bertz CT molecular complexity index is 358. The van der Waals surface area contributed by atoms with E-state index in [0.717, 1.165) is 24.9 Å². The van der Waals surface area contributed by atoms with Crippen molar-refractivity contribution in [1.82, 2.24) is 5.32 Å². The molecule has 18 heavy (non-hydrogen) atoms. The Balaban J connectivity index is 2.64. The second-order valence-electron chi connectivity index (χ2n) is 4.21. The van der Waals surface area contributed by atoms with Crippen molar-refractivity contribution in [2.75, 3.05) is 27.4 Å². The predicted molar refractivity (Wildman–Crippen MR) is 70.6 cm³/mol. The van der Waals surface area contributed by atoms with Gasteiger partial charge in [-0.05, 0) is 37.1 Å². The highest BCUT2D eigenvalue weighted by Crippen LogP contribution is 2.18. The van der Waals surface area contributed by atoms with Gasteiger partial charge in [0.25, 0.3) is 0 Å². The van der Waals surface area contributed by atoms with Crippen LogP contribution in [0.4, 0.5) is 4.39 Å². The van der Waals surface area contributed by atoms with E-state index in [1.165, 1.54) is 13.2 Å². The molecule has 0 aliphatic heterocycles. The standard InChI is InChI=1S/C14H22FNO2/c1-4-16-12(7-8-17-2)9-11-5-6-14(18-3)13(15)10-11/h5-6,10,12,16H,4,7-9H2,1-3H3. The molecule has 0 aromatic heterocycles. The molecule has 0 heterocycles. The van der Waals surface area contributed by atoms with Crippen LogP contribution in [0.15, 0.2) is 18.2 Å². The molecular weight excluding hydrogens is 233 g/mol. The maximum atomic E-state index is 13.6. The molecule has 0 spiro atoms. The second kappa shape index (κ2) is 8.06. The van der Waals surface area contributed by atoms with Crippen LogP contribution in [0.5, 0.6) is 5.75 Å². The van der Waals surface area contributed by atoms with Crippen LogP contribution in [-0.2, 0) is 11.2 Å². The Hall–Kier alpha value is -1.13. The third kappa shape index (κ3) is 4.63. The third-order valence-electron chi connectivity index (χ3n) is 2.86. The Kier molecular flexibility index (Phi) is 6.68. The van der Waals surface area contributed by atoms with Crippen LogP contribution in [0.3, 0.4) is 0 Å². The lowest BCUT2D eigenvalue weighted by molar-refractivity contribution is 0.183. The zero-order chi connectivity index (χ0) is 13.4. The summed E-state index contributed by atoms with van der Waals surface area (Å²) in [6.45, 7) is 3.66. The number of hydrogen-bond donors (Lipinski definition) is 1. The number of nitrogens with one attached hydrogen (secondary N) is 1. The van der Waals surface area contributed by atoms with Gasteiger partial charge in [-0.15, -0.1) is 0 Å². The van der Waals surface area contributed by atoms with Crippen LogP contribution in [-0.4, -0.2) is 33.4 Å². The number of rotatable bonds is 8. The minimum absolute atomic E-state index is 0.288. The van der Waals surface area contributed by atoms with Crippen molar-refractivity contribution in [2.24, 2.45) is 0 Å². The zero-order valence-electron chi connectivity index (χ0n) is 11.3. The lowest BCUT2D eigenvalue weighted by atomic mass is 10.0. The average molecular weight is 255 g/mol. The van der Waals surface area contributed by atoms with Gasteiger partial charge in [0.15, 0.2) is 11.6 Å². The van der Waals surface area contributed by atoms with Gasteiger partial charge in [0.1, 0.15) is 0 Å². The molecule has 0 saturated carbocycles. The normalized spacial score (nSPS) is 12.4. The number of halogens is 1. The van der Waals surface area contributed by atoms with Gasteiger partial charge in [0.2, 0.25) is 0 Å². The molecule has 1 aromatic rings. The van der Waals surface area contributed by atoms with Gasteiger partial charge < -0.3 is 14.8 Å². The van der Waals surface area contributed by atoms with Gasteiger partial charge in [0.05, 0.1) is 7.11 Å². The average Bonchev–Trinajstić information content (AvgIpc) is 2.36. The molecule has 3 nitrogen and oxygen atoms in total. The van der Waals surface area contributed by atoms with E-state index in [4.69, 9.17) is 9.47 Å². The van der Waals surface area contributed by atoms with Gasteiger partial charge >= 0.3 is 0 Å². The Morgan fingerprint density at radius 3 is 2.67 bits per heavy atom. The second-order valence-corrected chi connectivity index (χ2v) is 4.21. The summed E-state index contributed by atoms with van der Waals surface area (Å²) in [4.78, 5) is 0. The monoisotopic (exact) mass is 255 g/mol. The Morgan fingerprint density at radius 2 is 2.11 bits per heavy atom. The van der Waals surface area contributed by atoms with E-state index in [1.54, 1.807) is 13.2 Å². The fraction of sp³-hybridized carbons (Fsp3) is 0.571. The quantitative estimate of drug-likeness (QED) is 0.773. The molecule has 102 valence electrons. The fourth-order valence-electron chi connectivity index (χ4n) is 1.95. The topological polar surface area (TPSA) is 30.5 Å². The molecule has 1 atom stereocenters. The van der Waals surface area contributed by atoms with E-state index in [0.29, 0.717) is 12.6 Å². The van der Waals surface area contributed by atoms with Gasteiger partial charge in [-0.2, -0.15) is 0 Å². The first-order chi connectivity index (χ1) is 8.71. The minimum Gasteiger partial charge on any atom is -0.494 e. The highest BCUT2D eigenvalue weighted by atomic mass is 19.1. The third-order valence-corrected chi connectivity index (χ3v) is 2.86. The van der Waals surface area contributed by atoms with Gasteiger partial charge in [-0.25, -0.2) is 4.39 Å². The summed E-state index contributed by atoms with van der Waals surface area (Å²) in [6, 6.07) is 5.42. The smallest absolute Gasteiger partial charge is 0.165 e. The molecule has 0 bridgehead atoms. The van der Waals surface area contributed by atoms with E-state index < -0.39 is 0 Å². The van der Waals surface area contributed by atoms with E-state index >= 15 is 0 Å². The molecule has 0 saturated heterocycles. The molecule has 0 aliphatic carbocycles. The molecule has 4 heteroatoms. The zero-order valence-corrected chi connectivity index (χ0v) is 11.3. The van der Waals surface area contributed by atoms with Gasteiger partial charge in [-0.3, -0.25) is 0 Å². The van der Waals surface area contributed by atoms with Crippen molar-refractivity contribution >= 4 is 0 Å². The van der Waals surface area contributed by atoms with Crippen LogP contribution >= 0.6 is 0 Å². The number of ether oxygens (including phenoxy) is 2. The molecule has 1 unspecified atom stereocenters. The van der Waals surface area contributed by atoms with Crippen molar-refractivity contribution in [3.05, 3.63) is 29.6 Å². The lowest BCUT2D eigenvalue weighted by Crippen LogP contribution is -2.32. The molecule has 1 rings (SSSR count). The first-order valence-corrected chi connectivity index (χ1v) is 6.26. The van der Waals surface area contributed by atoms with E-state index in [2.05, 4.69) is 12.2 Å². The Labute approximate surface area is 108 Å². The van der Waals surface area contributed by atoms with Gasteiger partial charge in [-0.1, -0.05) is 13.0 Å². The summed E-state index contributed by atoms with van der Waals surface area (Å²) in [7, 11) is 3.16.